The van der Waals surface area contributed by atoms with Gasteiger partial charge in [-0.2, -0.15) is 0 Å². The molecule has 1 aromatic rings. The van der Waals surface area contributed by atoms with Crippen molar-refractivity contribution in [1.82, 2.24) is 0 Å². The second-order valence-electron chi connectivity index (χ2n) is 5.75. The Hall–Kier alpha value is -1.87. The molecule has 0 aliphatic heterocycles. The van der Waals surface area contributed by atoms with E-state index in [1.165, 1.54) is 11.1 Å². The third-order valence-corrected chi connectivity index (χ3v) is 3.47. The van der Waals surface area contributed by atoms with E-state index < -0.39 is 5.60 Å². The van der Waals surface area contributed by atoms with Gasteiger partial charge < -0.3 is 10.1 Å². The van der Waals surface area contributed by atoms with Crippen molar-refractivity contribution in [3.8, 4) is 0 Å². The van der Waals surface area contributed by atoms with E-state index in [-0.39, 0.29) is 5.91 Å². The number of hydrogen-bond acceptors (Lipinski definition) is 2. The fourth-order valence-electron chi connectivity index (χ4n) is 1.94. The van der Waals surface area contributed by atoms with Gasteiger partial charge in [0.15, 0.2) is 0 Å². The van der Waals surface area contributed by atoms with Crippen LogP contribution in [-0.2, 0) is 16.0 Å². The first-order valence-electron chi connectivity index (χ1n) is 7.75. The molecule has 0 aliphatic rings. The molecule has 22 heavy (non-hydrogen) atoms. The minimum Gasteiger partial charge on any atom is -0.366 e. The van der Waals surface area contributed by atoms with Crippen LogP contribution in [0.1, 0.15) is 39.7 Å². The molecule has 0 aliphatic carbocycles. The topological polar surface area (TPSA) is 38.3 Å². The van der Waals surface area contributed by atoms with Crippen molar-refractivity contribution in [3.05, 3.63) is 54.1 Å². The molecule has 0 unspecified atom stereocenters. The van der Waals surface area contributed by atoms with E-state index in [4.69, 9.17) is 4.74 Å². The molecule has 0 aromatic heterocycles. The second kappa shape index (κ2) is 8.54. The highest BCUT2D eigenvalue weighted by molar-refractivity contribution is 5.96. The zero-order chi connectivity index (χ0) is 16.6. The number of benzene rings is 1. The van der Waals surface area contributed by atoms with Gasteiger partial charge >= 0.3 is 0 Å². The number of hydrogen-bond donors (Lipinski definition) is 1. The molecular weight excluding hydrogens is 274 g/mol. The van der Waals surface area contributed by atoms with E-state index in [0.29, 0.717) is 6.61 Å². The molecule has 120 valence electrons. The number of anilines is 1. The molecule has 1 amide bonds. The first-order valence-corrected chi connectivity index (χ1v) is 7.75. The van der Waals surface area contributed by atoms with Gasteiger partial charge in [-0.3, -0.25) is 4.79 Å². The zero-order valence-corrected chi connectivity index (χ0v) is 14.1. The smallest absolute Gasteiger partial charge is 0.256 e. The fourth-order valence-corrected chi connectivity index (χ4v) is 1.94. The van der Waals surface area contributed by atoms with Gasteiger partial charge in [0.2, 0.25) is 0 Å². The highest BCUT2D eigenvalue weighted by Gasteiger charge is 2.28. The van der Waals surface area contributed by atoms with Gasteiger partial charge in [-0.25, -0.2) is 0 Å². The molecule has 0 bridgehead atoms. The standard InChI is InChI=1S/C19H27NO2/c1-6-13-22-19(4,5)18(21)20-17-11-9-16(10-12-17)14-15(7-2)8-3/h7-12H,2,6,13-14H2,1,3-5H3,(H,20,21)/b15-8+. The summed E-state index contributed by atoms with van der Waals surface area (Å²) in [5.74, 6) is -0.131. The van der Waals surface area contributed by atoms with E-state index in [1.807, 2.05) is 44.2 Å². The van der Waals surface area contributed by atoms with Crippen molar-refractivity contribution < 1.29 is 9.53 Å². The molecular formula is C19H27NO2. The molecule has 0 radical (unpaired) electrons. The summed E-state index contributed by atoms with van der Waals surface area (Å²) in [5, 5.41) is 2.90. The summed E-state index contributed by atoms with van der Waals surface area (Å²) in [7, 11) is 0. The average Bonchev–Trinajstić information content (AvgIpc) is 2.52. The highest BCUT2D eigenvalue weighted by Crippen LogP contribution is 2.17. The van der Waals surface area contributed by atoms with Crippen molar-refractivity contribution in [1.29, 1.82) is 0 Å². The molecule has 1 aromatic carbocycles. The Morgan fingerprint density at radius 3 is 2.45 bits per heavy atom. The lowest BCUT2D eigenvalue weighted by Crippen LogP contribution is -2.40. The van der Waals surface area contributed by atoms with Crippen LogP contribution in [0.15, 0.2) is 48.6 Å². The fraction of sp³-hybridized carbons (Fsp3) is 0.421. The zero-order valence-electron chi connectivity index (χ0n) is 14.1. The lowest BCUT2D eigenvalue weighted by atomic mass is 10.0. The Morgan fingerprint density at radius 2 is 1.95 bits per heavy atom. The third-order valence-electron chi connectivity index (χ3n) is 3.47. The van der Waals surface area contributed by atoms with E-state index in [9.17, 15) is 4.79 Å². The molecule has 0 heterocycles. The van der Waals surface area contributed by atoms with E-state index in [1.54, 1.807) is 13.8 Å². The molecule has 3 nitrogen and oxygen atoms in total. The summed E-state index contributed by atoms with van der Waals surface area (Å²) < 4.78 is 5.59. The Balaban J connectivity index is 2.67. The summed E-state index contributed by atoms with van der Waals surface area (Å²) in [6.07, 6.45) is 5.65. The van der Waals surface area contributed by atoms with Gasteiger partial charge in [0.25, 0.3) is 5.91 Å². The summed E-state index contributed by atoms with van der Waals surface area (Å²) >= 11 is 0. The van der Waals surface area contributed by atoms with Crippen LogP contribution in [-0.4, -0.2) is 18.1 Å². The Morgan fingerprint density at radius 1 is 1.32 bits per heavy atom. The van der Waals surface area contributed by atoms with Gasteiger partial charge in [0, 0.05) is 12.3 Å². The second-order valence-corrected chi connectivity index (χ2v) is 5.75. The first kappa shape index (κ1) is 18.2. The maximum atomic E-state index is 12.2. The molecule has 0 saturated heterocycles. The van der Waals surface area contributed by atoms with Crippen LogP contribution in [0, 0.1) is 0 Å². The van der Waals surface area contributed by atoms with Gasteiger partial charge in [0.1, 0.15) is 5.60 Å². The number of carbonyl (C=O) groups excluding carboxylic acids is 1. The van der Waals surface area contributed by atoms with Crippen LogP contribution in [0.3, 0.4) is 0 Å². The Kier molecular flexibility index (Phi) is 7.06. The number of nitrogens with one attached hydrogen (secondary N) is 1. The predicted octanol–water partition coefficient (Wildman–Crippen LogP) is 4.51. The highest BCUT2D eigenvalue weighted by atomic mass is 16.5. The molecule has 0 fully saturated rings. The lowest BCUT2D eigenvalue weighted by molar-refractivity contribution is -0.137. The van der Waals surface area contributed by atoms with E-state index >= 15 is 0 Å². The minimum absolute atomic E-state index is 0.131. The molecule has 0 atom stereocenters. The van der Waals surface area contributed by atoms with Crippen molar-refractivity contribution in [2.24, 2.45) is 0 Å². The van der Waals surface area contributed by atoms with Crippen molar-refractivity contribution >= 4 is 11.6 Å². The van der Waals surface area contributed by atoms with Gasteiger partial charge in [-0.1, -0.05) is 37.8 Å². The quantitative estimate of drug-likeness (QED) is 0.718. The van der Waals surface area contributed by atoms with Crippen LogP contribution in [0.25, 0.3) is 0 Å². The maximum absolute atomic E-state index is 12.2. The summed E-state index contributed by atoms with van der Waals surface area (Å²) in [6.45, 7) is 12.0. The summed E-state index contributed by atoms with van der Waals surface area (Å²) in [5.41, 5.74) is 2.33. The van der Waals surface area contributed by atoms with Crippen LogP contribution in [0.4, 0.5) is 5.69 Å². The van der Waals surface area contributed by atoms with Crippen LogP contribution in [0.2, 0.25) is 0 Å². The van der Waals surface area contributed by atoms with E-state index in [2.05, 4.69) is 18.0 Å². The van der Waals surface area contributed by atoms with Crippen LogP contribution in [0.5, 0.6) is 0 Å². The molecule has 3 heteroatoms. The number of allylic oxidation sites excluding steroid dienone is 3. The summed E-state index contributed by atoms with van der Waals surface area (Å²) in [4.78, 5) is 12.2. The van der Waals surface area contributed by atoms with Crippen LogP contribution < -0.4 is 5.32 Å². The normalized spacial score (nSPS) is 12.1. The van der Waals surface area contributed by atoms with Gasteiger partial charge in [-0.05, 0) is 56.9 Å². The van der Waals surface area contributed by atoms with Crippen molar-refractivity contribution in [2.45, 2.75) is 46.1 Å². The molecule has 0 spiro atoms. The number of ether oxygens (including phenoxy) is 1. The lowest BCUT2D eigenvalue weighted by Gasteiger charge is -2.24. The number of carbonyl (C=O) groups is 1. The SMILES string of the molecule is C=C/C(=C\C)Cc1ccc(NC(=O)C(C)(C)OCCC)cc1. The van der Waals surface area contributed by atoms with Gasteiger partial charge in [0.05, 0.1) is 0 Å². The number of rotatable bonds is 8. The molecule has 0 saturated carbocycles. The monoisotopic (exact) mass is 301 g/mol. The molecule has 1 rings (SSSR count). The number of amides is 1. The maximum Gasteiger partial charge on any atom is 0.256 e. The third kappa shape index (κ3) is 5.49. The summed E-state index contributed by atoms with van der Waals surface area (Å²) in [6, 6.07) is 7.87. The largest absolute Gasteiger partial charge is 0.366 e. The average molecular weight is 301 g/mol. The predicted molar refractivity (Wildman–Crippen MR) is 93.1 cm³/mol. The Bertz CT molecular complexity index is 527. The van der Waals surface area contributed by atoms with Crippen LogP contribution >= 0.6 is 0 Å². The van der Waals surface area contributed by atoms with Crippen molar-refractivity contribution in [2.75, 3.05) is 11.9 Å². The van der Waals surface area contributed by atoms with E-state index in [0.717, 1.165) is 18.5 Å². The minimum atomic E-state index is -0.824. The van der Waals surface area contributed by atoms with Crippen molar-refractivity contribution in [3.63, 3.8) is 0 Å². The Labute approximate surface area is 134 Å². The first-order chi connectivity index (χ1) is 10.4. The molecule has 1 N–H and O–H groups in total. The van der Waals surface area contributed by atoms with Gasteiger partial charge in [-0.15, -0.1) is 0 Å².